The second kappa shape index (κ2) is 13.2. The van der Waals surface area contributed by atoms with Gasteiger partial charge in [0.2, 0.25) is 0 Å². The van der Waals surface area contributed by atoms with Crippen LogP contribution in [0.5, 0.6) is 0 Å². The van der Waals surface area contributed by atoms with Crippen molar-refractivity contribution in [3.8, 4) is 0 Å². The number of aliphatic hydroxyl groups is 2. The number of piperidine rings is 3. The van der Waals surface area contributed by atoms with Crippen molar-refractivity contribution >= 4 is 5.97 Å². The van der Waals surface area contributed by atoms with Crippen LogP contribution in [0.25, 0.3) is 0 Å². The van der Waals surface area contributed by atoms with E-state index >= 15 is 0 Å². The molecule has 3 saturated heterocycles. The standard InChI is InChI=1S/C27H52N4O4/c1-20-23(32)10-9-22-16-21(11-15-31(20)22)8-6-4-3-5-7-12-27(35,18-25(33)34)19-30-26(2)13-14-29-24(28)17-26/h20-24,29-30,32,35H,3-19,28H2,1-2H3,(H,33,34)/t20-,21+,22-,23+,24-,26+,27+/m0/s1. The van der Waals surface area contributed by atoms with Crippen LogP contribution in [0.2, 0.25) is 0 Å². The van der Waals surface area contributed by atoms with Gasteiger partial charge in [-0.2, -0.15) is 0 Å². The lowest BCUT2D eigenvalue weighted by Gasteiger charge is -2.45. The number of rotatable bonds is 13. The van der Waals surface area contributed by atoms with Crippen molar-refractivity contribution in [3.63, 3.8) is 0 Å². The number of quaternary nitrogens is 1. The topological polar surface area (TPSA) is 135 Å². The number of carbonyl (C=O) groups is 1. The predicted octanol–water partition coefficient (Wildman–Crippen LogP) is -0.189. The number of carboxylic acid groups (broad SMARTS) is 1. The Morgan fingerprint density at radius 1 is 1.23 bits per heavy atom. The van der Waals surface area contributed by atoms with Crippen molar-refractivity contribution in [1.29, 1.82) is 0 Å². The molecule has 0 radical (unpaired) electrons. The van der Waals surface area contributed by atoms with E-state index < -0.39 is 11.6 Å². The molecule has 0 bridgehead atoms. The summed E-state index contributed by atoms with van der Waals surface area (Å²) in [6, 6.07) is 1.13. The molecule has 0 amide bonds. The number of β-amino-alcohol motifs (C(OH)–C–C–N with tert-alkyl or cyclic N) is 1. The number of nitrogens with one attached hydrogen (secondary N) is 3. The van der Waals surface area contributed by atoms with Gasteiger partial charge in [-0.05, 0) is 64.8 Å². The Bertz CT molecular complexity index is 667. The molecule has 35 heavy (non-hydrogen) atoms. The number of carbonyl (C=O) groups excluding carboxylic acids is 1. The van der Waals surface area contributed by atoms with Crippen LogP contribution in [0.15, 0.2) is 0 Å². The fourth-order valence-electron chi connectivity index (χ4n) is 6.94. The Morgan fingerprint density at radius 2 is 1.97 bits per heavy atom. The fraction of sp³-hybridized carbons (Fsp3) is 0.963. The zero-order chi connectivity index (χ0) is 25.5. The molecule has 3 fully saturated rings. The Labute approximate surface area is 212 Å². The first-order valence-corrected chi connectivity index (χ1v) is 14.3. The van der Waals surface area contributed by atoms with Crippen LogP contribution in [0.3, 0.4) is 0 Å². The maximum absolute atomic E-state index is 11.3. The van der Waals surface area contributed by atoms with Crippen LogP contribution >= 0.6 is 0 Å². The molecule has 3 aliphatic rings. The van der Waals surface area contributed by atoms with Crippen molar-refractivity contribution in [2.75, 3.05) is 19.6 Å². The molecule has 204 valence electrons. The fourth-order valence-corrected chi connectivity index (χ4v) is 6.94. The minimum absolute atomic E-state index is 0.0802. The molecule has 0 aromatic heterocycles. The van der Waals surface area contributed by atoms with E-state index in [0.29, 0.717) is 12.5 Å². The smallest absolute Gasteiger partial charge is 0.111 e. The molecule has 7 N–H and O–H groups in total. The molecule has 0 aromatic rings. The van der Waals surface area contributed by atoms with Gasteiger partial charge < -0.3 is 41.4 Å². The van der Waals surface area contributed by atoms with E-state index in [9.17, 15) is 20.1 Å². The number of fused-ring (bicyclic) bond motifs is 1. The number of unbranched alkanes of at least 4 members (excludes halogenated alkanes) is 4. The molecule has 0 spiro atoms. The highest BCUT2D eigenvalue weighted by Gasteiger charge is 2.41. The van der Waals surface area contributed by atoms with Crippen LogP contribution in [0.1, 0.15) is 104 Å². The number of hydrogen-bond acceptors (Lipinski definition) is 7. The minimum Gasteiger partial charge on any atom is -0.550 e. The molecular formula is C27H52N4O4. The van der Waals surface area contributed by atoms with Gasteiger partial charge in [0.1, 0.15) is 12.1 Å². The number of aliphatic hydroxyl groups excluding tert-OH is 1. The molecule has 8 atom stereocenters. The number of nitrogens with two attached hydrogens (primary N) is 1. The normalized spacial score (nSPS) is 37.4. The van der Waals surface area contributed by atoms with E-state index in [2.05, 4.69) is 24.5 Å². The molecule has 8 heteroatoms. The number of aliphatic carboxylic acids is 1. The van der Waals surface area contributed by atoms with Gasteiger partial charge in [0, 0.05) is 37.3 Å². The zero-order valence-corrected chi connectivity index (χ0v) is 22.2. The lowest BCUT2D eigenvalue weighted by Crippen LogP contribution is -3.22. The van der Waals surface area contributed by atoms with Gasteiger partial charge in [-0.3, -0.25) is 0 Å². The summed E-state index contributed by atoms with van der Waals surface area (Å²) in [5.41, 5.74) is 4.55. The third-order valence-electron chi connectivity index (χ3n) is 9.28. The second-order valence-corrected chi connectivity index (χ2v) is 12.4. The van der Waals surface area contributed by atoms with Crippen molar-refractivity contribution in [2.45, 2.75) is 139 Å². The van der Waals surface area contributed by atoms with E-state index in [4.69, 9.17) is 5.73 Å². The second-order valence-electron chi connectivity index (χ2n) is 12.4. The van der Waals surface area contributed by atoms with Crippen LogP contribution in [0, 0.1) is 5.92 Å². The molecule has 3 rings (SSSR count). The largest absolute Gasteiger partial charge is 0.550 e. The van der Waals surface area contributed by atoms with Crippen molar-refractivity contribution < 1.29 is 25.0 Å². The molecule has 0 aliphatic carbocycles. The van der Waals surface area contributed by atoms with E-state index in [1.54, 1.807) is 4.90 Å². The van der Waals surface area contributed by atoms with Crippen LogP contribution in [-0.4, -0.2) is 71.3 Å². The third kappa shape index (κ3) is 8.93. The summed E-state index contributed by atoms with van der Waals surface area (Å²) in [6.45, 7) is 6.57. The molecular weight excluding hydrogens is 444 g/mol. The lowest BCUT2D eigenvalue weighted by molar-refractivity contribution is -0.962. The van der Waals surface area contributed by atoms with Crippen molar-refractivity contribution in [1.82, 2.24) is 10.6 Å². The number of carboxylic acids is 1. The monoisotopic (exact) mass is 496 g/mol. The highest BCUT2D eigenvalue weighted by Crippen LogP contribution is 2.27. The molecule has 8 nitrogen and oxygen atoms in total. The summed E-state index contributed by atoms with van der Waals surface area (Å²) in [4.78, 5) is 12.9. The van der Waals surface area contributed by atoms with Gasteiger partial charge in [0.05, 0.1) is 24.4 Å². The first-order valence-electron chi connectivity index (χ1n) is 14.3. The van der Waals surface area contributed by atoms with Gasteiger partial charge >= 0.3 is 0 Å². The summed E-state index contributed by atoms with van der Waals surface area (Å²) in [7, 11) is 0. The molecule has 3 aliphatic heterocycles. The Morgan fingerprint density at radius 3 is 2.71 bits per heavy atom. The van der Waals surface area contributed by atoms with E-state index in [1.165, 1.54) is 45.1 Å². The van der Waals surface area contributed by atoms with Gasteiger partial charge in [-0.15, -0.1) is 0 Å². The quantitative estimate of drug-likeness (QED) is 0.195. The summed E-state index contributed by atoms with van der Waals surface area (Å²) < 4.78 is 0. The molecule has 1 unspecified atom stereocenters. The average Bonchev–Trinajstić information content (AvgIpc) is 2.79. The van der Waals surface area contributed by atoms with Crippen LogP contribution in [-0.2, 0) is 4.79 Å². The van der Waals surface area contributed by atoms with Gasteiger partial charge in [0.15, 0.2) is 0 Å². The SMILES string of the molecule is C[C@H]1[C@H](O)CC[C@H]2C[C@H](CCCCCCC[C@](O)(CN[C@]3(C)CCN[C@H](N)C3)CC(=O)[O-])CC[NH+]21. The van der Waals surface area contributed by atoms with E-state index in [1.807, 2.05) is 0 Å². The van der Waals surface area contributed by atoms with E-state index in [0.717, 1.165) is 57.0 Å². The minimum atomic E-state index is -1.28. The molecule has 0 aromatic carbocycles. The summed E-state index contributed by atoms with van der Waals surface area (Å²) in [5, 5.41) is 39.1. The van der Waals surface area contributed by atoms with Gasteiger partial charge in [-0.25, -0.2) is 0 Å². The van der Waals surface area contributed by atoms with Crippen LogP contribution < -0.4 is 26.4 Å². The van der Waals surface area contributed by atoms with Crippen molar-refractivity contribution in [3.05, 3.63) is 0 Å². The lowest BCUT2D eigenvalue weighted by atomic mass is 9.81. The summed E-state index contributed by atoms with van der Waals surface area (Å²) in [6.07, 6.45) is 13.0. The Kier molecular flexibility index (Phi) is 10.8. The van der Waals surface area contributed by atoms with E-state index in [-0.39, 0.29) is 30.8 Å². The van der Waals surface area contributed by atoms with Gasteiger partial charge in [0.25, 0.3) is 0 Å². The molecule has 3 heterocycles. The summed E-state index contributed by atoms with van der Waals surface area (Å²) in [5.74, 6) is -0.369. The summed E-state index contributed by atoms with van der Waals surface area (Å²) >= 11 is 0. The van der Waals surface area contributed by atoms with Crippen LogP contribution in [0.4, 0.5) is 0 Å². The number of hydrogen-bond donors (Lipinski definition) is 6. The zero-order valence-electron chi connectivity index (χ0n) is 22.2. The first kappa shape index (κ1) is 28.8. The maximum atomic E-state index is 11.3. The highest BCUT2D eigenvalue weighted by molar-refractivity contribution is 5.65. The predicted molar refractivity (Wildman–Crippen MR) is 136 cm³/mol. The van der Waals surface area contributed by atoms with Gasteiger partial charge in [-0.1, -0.05) is 32.1 Å². The highest BCUT2D eigenvalue weighted by atomic mass is 16.4. The average molecular weight is 497 g/mol. The Hall–Kier alpha value is -0.770. The first-order chi connectivity index (χ1) is 16.6. The maximum Gasteiger partial charge on any atom is 0.111 e. The third-order valence-corrected chi connectivity index (χ3v) is 9.28. The molecule has 0 saturated carbocycles. The van der Waals surface area contributed by atoms with Crippen molar-refractivity contribution in [2.24, 2.45) is 11.7 Å². The Balaban J connectivity index is 1.30.